The summed E-state index contributed by atoms with van der Waals surface area (Å²) in [6, 6.07) is 12.5. The first kappa shape index (κ1) is 14.0. The summed E-state index contributed by atoms with van der Waals surface area (Å²) in [5, 5.41) is 0. The maximum absolute atomic E-state index is 5.78. The second kappa shape index (κ2) is 5.82. The van der Waals surface area contributed by atoms with Crippen LogP contribution in [0.15, 0.2) is 36.4 Å². The maximum Gasteiger partial charge on any atom is 0.117 e. The van der Waals surface area contributed by atoms with Gasteiger partial charge in [0.15, 0.2) is 0 Å². The zero-order chi connectivity index (χ0) is 14.8. The van der Waals surface area contributed by atoms with Gasteiger partial charge in [-0.05, 0) is 37.6 Å². The van der Waals surface area contributed by atoms with Gasteiger partial charge in [-0.1, -0.05) is 29.3 Å². The molecule has 3 N–H and O–H groups in total. The van der Waals surface area contributed by atoms with Crippen LogP contribution in [0.5, 0.6) is 0 Å². The summed E-state index contributed by atoms with van der Waals surface area (Å²) in [5.41, 5.74) is 12.6. The molecule has 21 heavy (non-hydrogen) atoms. The van der Waals surface area contributed by atoms with Gasteiger partial charge < -0.3 is 10.7 Å². The number of thioether (sulfide) groups is 1. The van der Waals surface area contributed by atoms with Crippen molar-refractivity contribution in [3.63, 3.8) is 0 Å². The molecule has 0 aliphatic heterocycles. The summed E-state index contributed by atoms with van der Waals surface area (Å²) in [4.78, 5) is 7.92. The highest BCUT2D eigenvalue weighted by atomic mass is 32.2. The summed E-state index contributed by atoms with van der Waals surface area (Å²) in [7, 11) is 0. The van der Waals surface area contributed by atoms with Crippen LogP contribution >= 0.6 is 11.8 Å². The lowest BCUT2D eigenvalue weighted by Crippen LogP contribution is -1.88. The third kappa shape index (κ3) is 3.39. The molecule has 4 heteroatoms. The molecule has 3 nitrogen and oxygen atoms in total. The van der Waals surface area contributed by atoms with Crippen molar-refractivity contribution in [3.8, 4) is 0 Å². The first-order valence-electron chi connectivity index (χ1n) is 6.99. The van der Waals surface area contributed by atoms with E-state index < -0.39 is 0 Å². The lowest BCUT2D eigenvalue weighted by atomic mass is 10.1. The van der Waals surface area contributed by atoms with E-state index in [2.05, 4.69) is 42.0 Å². The molecular weight excluding hydrogens is 278 g/mol. The number of nitrogens with one attached hydrogen (secondary N) is 1. The van der Waals surface area contributed by atoms with Gasteiger partial charge in [-0.3, -0.25) is 0 Å². The number of aromatic nitrogens is 2. The van der Waals surface area contributed by atoms with E-state index in [4.69, 9.17) is 5.73 Å². The van der Waals surface area contributed by atoms with Crippen LogP contribution in [0.25, 0.3) is 11.0 Å². The monoisotopic (exact) mass is 297 g/mol. The average Bonchev–Trinajstić information content (AvgIpc) is 2.79. The van der Waals surface area contributed by atoms with Crippen LogP contribution in [0.2, 0.25) is 0 Å². The van der Waals surface area contributed by atoms with Crippen molar-refractivity contribution in [1.82, 2.24) is 9.97 Å². The van der Waals surface area contributed by atoms with E-state index in [1.165, 1.54) is 16.7 Å². The van der Waals surface area contributed by atoms with Crippen LogP contribution < -0.4 is 5.73 Å². The molecule has 3 aromatic rings. The highest BCUT2D eigenvalue weighted by Gasteiger charge is 2.04. The maximum atomic E-state index is 5.78. The Morgan fingerprint density at radius 1 is 1.05 bits per heavy atom. The Morgan fingerprint density at radius 3 is 2.57 bits per heavy atom. The largest absolute Gasteiger partial charge is 0.399 e. The van der Waals surface area contributed by atoms with E-state index in [1.54, 1.807) is 0 Å². The minimum atomic E-state index is 0.764. The Kier molecular flexibility index (Phi) is 3.88. The molecule has 0 fully saturated rings. The van der Waals surface area contributed by atoms with Crippen molar-refractivity contribution in [2.75, 3.05) is 5.73 Å². The van der Waals surface area contributed by atoms with Gasteiger partial charge in [0.2, 0.25) is 0 Å². The second-order valence-corrected chi connectivity index (χ2v) is 6.43. The normalized spacial score (nSPS) is 11.1. The number of nitrogen functional groups attached to an aromatic ring is 1. The van der Waals surface area contributed by atoms with E-state index in [-0.39, 0.29) is 0 Å². The molecule has 1 heterocycles. The molecule has 0 aliphatic rings. The molecule has 0 amide bonds. The summed E-state index contributed by atoms with van der Waals surface area (Å²) in [6.07, 6.45) is 0. The summed E-state index contributed by atoms with van der Waals surface area (Å²) in [5.74, 6) is 2.88. The van der Waals surface area contributed by atoms with Crippen molar-refractivity contribution >= 4 is 28.5 Å². The zero-order valence-electron chi connectivity index (χ0n) is 12.3. The molecule has 0 saturated carbocycles. The Morgan fingerprint density at radius 2 is 1.81 bits per heavy atom. The Balaban J connectivity index is 1.66. The van der Waals surface area contributed by atoms with Gasteiger partial charge in [-0.2, -0.15) is 0 Å². The van der Waals surface area contributed by atoms with Crippen LogP contribution in [-0.4, -0.2) is 9.97 Å². The summed E-state index contributed by atoms with van der Waals surface area (Å²) < 4.78 is 0. The molecule has 1 aromatic heterocycles. The molecule has 0 saturated heterocycles. The van der Waals surface area contributed by atoms with E-state index in [0.717, 1.165) is 34.1 Å². The zero-order valence-corrected chi connectivity index (χ0v) is 13.1. The minimum absolute atomic E-state index is 0.764. The average molecular weight is 297 g/mol. The number of nitrogens with zero attached hydrogens (tertiary/aromatic N) is 1. The molecule has 0 unspecified atom stereocenters. The van der Waals surface area contributed by atoms with Crippen molar-refractivity contribution in [2.45, 2.75) is 25.4 Å². The van der Waals surface area contributed by atoms with Gasteiger partial charge in [-0.25, -0.2) is 4.98 Å². The van der Waals surface area contributed by atoms with Crippen LogP contribution in [-0.2, 0) is 11.5 Å². The molecule has 0 atom stereocenters. The lowest BCUT2D eigenvalue weighted by Gasteiger charge is -2.04. The standard InChI is InChI=1S/C17H19N3S/c1-11-5-12(2)7-13(6-11)9-21-10-17-19-15-4-3-14(18)8-16(15)20-17/h3-8H,9-10,18H2,1-2H3,(H,19,20). The van der Waals surface area contributed by atoms with Gasteiger partial charge in [-0.15, -0.1) is 11.8 Å². The minimum Gasteiger partial charge on any atom is -0.399 e. The van der Waals surface area contributed by atoms with Crippen LogP contribution in [0.1, 0.15) is 22.5 Å². The number of rotatable bonds is 4. The first-order chi connectivity index (χ1) is 10.1. The van der Waals surface area contributed by atoms with E-state index >= 15 is 0 Å². The Hall–Kier alpha value is -1.94. The van der Waals surface area contributed by atoms with Crippen LogP contribution in [0.4, 0.5) is 5.69 Å². The predicted molar refractivity (Wildman–Crippen MR) is 91.4 cm³/mol. The molecule has 2 aromatic carbocycles. The molecule has 0 radical (unpaired) electrons. The Bertz CT molecular complexity index is 757. The fraction of sp³-hybridized carbons (Fsp3) is 0.235. The van der Waals surface area contributed by atoms with Crippen LogP contribution in [0.3, 0.4) is 0 Å². The van der Waals surface area contributed by atoms with Crippen LogP contribution in [0, 0.1) is 13.8 Å². The number of anilines is 1. The third-order valence-corrected chi connectivity index (χ3v) is 4.36. The molecule has 108 valence electrons. The van der Waals surface area contributed by atoms with Gasteiger partial charge in [0.25, 0.3) is 0 Å². The number of aromatic amines is 1. The van der Waals surface area contributed by atoms with E-state index in [1.807, 2.05) is 30.0 Å². The third-order valence-electron chi connectivity index (χ3n) is 3.34. The second-order valence-electron chi connectivity index (χ2n) is 5.45. The number of H-pyrrole nitrogens is 1. The predicted octanol–water partition coefficient (Wildman–Crippen LogP) is 4.20. The number of fused-ring (bicyclic) bond motifs is 1. The molecule has 3 rings (SSSR count). The number of hydrogen-bond donors (Lipinski definition) is 2. The van der Waals surface area contributed by atoms with Crippen molar-refractivity contribution in [3.05, 3.63) is 58.9 Å². The van der Waals surface area contributed by atoms with E-state index in [9.17, 15) is 0 Å². The van der Waals surface area contributed by atoms with Crippen molar-refractivity contribution in [2.24, 2.45) is 0 Å². The number of imidazole rings is 1. The van der Waals surface area contributed by atoms with Gasteiger partial charge >= 0.3 is 0 Å². The number of nitrogens with two attached hydrogens (primary N) is 1. The smallest absolute Gasteiger partial charge is 0.117 e. The molecular formula is C17H19N3S. The SMILES string of the molecule is Cc1cc(C)cc(CSCc2nc3ccc(N)cc3[nH]2)c1. The van der Waals surface area contributed by atoms with E-state index in [0.29, 0.717) is 0 Å². The van der Waals surface area contributed by atoms with Gasteiger partial charge in [0, 0.05) is 11.4 Å². The highest BCUT2D eigenvalue weighted by Crippen LogP contribution is 2.21. The van der Waals surface area contributed by atoms with Crippen molar-refractivity contribution in [1.29, 1.82) is 0 Å². The fourth-order valence-corrected chi connectivity index (χ4v) is 3.40. The highest BCUT2D eigenvalue weighted by molar-refractivity contribution is 7.97. The van der Waals surface area contributed by atoms with Gasteiger partial charge in [0.1, 0.15) is 5.82 Å². The molecule has 0 aliphatic carbocycles. The fourth-order valence-electron chi connectivity index (χ4n) is 2.57. The topological polar surface area (TPSA) is 54.7 Å². The molecule has 0 bridgehead atoms. The lowest BCUT2D eigenvalue weighted by molar-refractivity contribution is 1.14. The Labute approximate surface area is 129 Å². The number of benzene rings is 2. The number of aryl methyl sites for hydroxylation is 2. The van der Waals surface area contributed by atoms with Crippen molar-refractivity contribution < 1.29 is 0 Å². The first-order valence-corrected chi connectivity index (χ1v) is 8.15. The summed E-state index contributed by atoms with van der Waals surface area (Å²) >= 11 is 1.87. The number of hydrogen-bond acceptors (Lipinski definition) is 3. The van der Waals surface area contributed by atoms with Gasteiger partial charge in [0.05, 0.1) is 16.8 Å². The molecule has 0 spiro atoms. The quantitative estimate of drug-likeness (QED) is 0.710. The summed E-state index contributed by atoms with van der Waals surface area (Å²) in [6.45, 7) is 4.29.